The Labute approximate surface area is 210 Å². The molecule has 1 amide bonds. The van der Waals surface area contributed by atoms with E-state index in [1.807, 2.05) is 36.4 Å². The number of carbonyl (C=O) groups is 1. The van der Waals surface area contributed by atoms with Crippen LogP contribution in [0.3, 0.4) is 0 Å². The van der Waals surface area contributed by atoms with Gasteiger partial charge in [-0.25, -0.2) is 9.97 Å². The second kappa shape index (κ2) is 10.3. The van der Waals surface area contributed by atoms with Gasteiger partial charge in [-0.1, -0.05) is 26.0 Å². The number of hydrogen-bond donors (Lipinski definition) is 2. The summed E-state index contributed by atoms with van der Waals surface area (Å²) in [5, 5.41) is 3.33. The summed E-state index contributed by atoms with van der Waals surface area (Å²) in [7, 11) is 0. The van der Waals surface area contributed by atoms with Crippen molar-refractivity contribution in [3.8, 4) is 11.3 Å². The lowest BCUT2D eigenvalue weighted by atomic mass is 10.1. The normalized spacial score (nSPS) is 13.8. The van der Waals surface area contributed by atoms with E-state index in [4.69, 9.17) is 9.72 Å². The molecule has 3 heterocycles. The average Bonchev–Trinajstić information content (AvgIpc) is 3.36. The van der Waals surface area contributed by atoms with Crippen LogP contribution in [0.15, 0.2) is 54.9 Å². The number of hydrogen-bond acceptors (Lipinski definition) is 7. The molecule has 1 aliphatic heterocycles. The van der Waals surface area contributed by atoms with Gasteiger partial charge in [-0.2, -0.15) is 4.98 Å². The van der Waals surface area contributed by atoms with Crippen molar-refractivity contribution < 1.29 is 9.53 Å². The highest BCUT2D eigenvalue weighted by atomic mass is 16.5. The molecule has 36 heavy (non-hydrogen) atoms. The molecule has 0 spiro atoms. The van der Waals surface area contributed by atoms with Gasteiger partial charge >= 0.3 is 0 Å². The molecule has 0 aliphatic carbocycles. The van der Waals surface area contributed by atoms with Gasteiger partial charge in [0.15, 0.2) is 5.65 Å². The molecular weight excluding hydrogens is 454 g/mol. The fourth-order valence-electron chi connectivity index (χ4n) is 4.40. The van der Waals surface area contributed by atoms with Crippen LogP contribution in [0.1, 0.15) is 20.8 Å². The zero-order valence-electron chi connectivity index (χ0n) is 20.9. The Morgan fingerprint density at radius 3 is 2.64 bits per heavy atom. The summed E-state index contributed by atoms with van der Waals surface area (Å²) in [6.07, 6.45) is 1.62. The Morgan fingerprint density at radius 2 is 1.92 bits per heavy atom. The standard InChI is InChI=1S/C27H31N7O2/c1-18(2)16-34(19(3)35)23-6-4-5-20(15-23)24-25-26(29-17-28-25)32-27(31-24)30-21-7-9-22(10-8-21)33-11-13-36-14-12-33/h4-10,15,17-18H,11-14,16H2,1-3H3,(H2,28,29,30,31,32). The lowest BCUT2D eigenvalue weighted by Gasteiger charge is -2.28. The SMILES string of the molecule is CC(=O)N(CC(C)C)c1cccc(-c2nc(Nc3ccc(N4CCOCC4)cc3)nc3[nH]cnc23)c1. The number of nitrogens with zero attached hydrogens (tertiary/aromatic N) is 5. The van der Waals surface area contributed by atoms with Gasteiger partial charge in [0.25, 0.3) is 0 Å². The fourth-order valence-corrected chi connectivity index (χ4v) is 4.40. The lowest BCUT2D eigenvalue weighted by molar-refractivity contribution is -0.116. The molecule has 0 atom stereocenters. The van der Waals surface area contributed by atoms with Crippen LogP contribution < -0.4 is 15.1 Å². The molecular formula is C27H31N7O2. The third kappa shape index (κ3) is 5.16. The molecule has 0 radical (unpaired) electrons. The van der Waals surface area contributed by atoms with E-state index in [1.54, 1.807) is 18.2 Å². The van der Waals surface area contributed by atoms with Crippen LogP contribution in [-0.2, 0) is 9.53 Å². The van der Waals surface area contributed by atoms with E-state index in [0.717, 1.165) is 43.2 Å². The zero-order chi connectivity index (χ0) is 25.1. The van der Waals surface area contributed by atoms with Crippen molar-refractivity contribution in [2.45, 2.75) is 20.8 Å². The van der Waals surface area contributed by atoms with E-state index in [-0.39, 0.29) is 5.91 Å². The molecule has 5 rings (SSSR count). The molecule has 2 aromatic carbocycles. The van der Waals surface area contributed by atoms with E-state index in [9.17, 15) is 4.79 Å². The van der Waals surface area contributed by atoms with Crippen molar-refractivity contribution in [2.24, 2.45) is 5.92 Å². The summed E-state index contributed by atoms with van der Waals surface area (Å²) in [5.41, 5.74) is 5.79. The molecule has 0 unspecified atom stereocenters. The van der Waals surface area contributed by atoms with E-state index >= 15 is 0 Å². The van der Waals surface area contributed by atoms with Crippen LogP contribution in [0.5, 0.6) is 0 Å². The van der Waals surface area contributed by atoms with Crippen molar-refractivity contribution >= 4 is 40.1 Å². The van der Waals surface area contributed by atoms with Gasteiger partial charge in [-0.15, -0.1) is 0 Å². The number of benzene rings is 2. The first-order valence-corrected chi connectivity index (χ1v) is 12.3. The number of carbonyl (C=O) groups excluding carboxylic acids is 1. The van der Waals surface area contributed by atoms with Crippen LogP contribution in [-0.4, -0.2) is 58.7 Å². The maximum atomic E-state index is 12.3. The Kier molecular flexibility index (Phi) is 6.81. The van der Waals surface area contributed by atoms with Crippen LogP contribution in [0.25, 0.3) is 22.4 Å². The number of morpholine rings is 1. The van der Waals surface area contributed by atoms with E-state index in [0.29, 0.717) is 35.3 Å². The summed E-state index contributed by atoms with van der Waals surface area (Å²) in [6.45, 7) is 9.74. The van der Waals surface area contributed by atoms with Crippen LogP contribution in [0, 0.1) is 5.92 Å². The van der Waals surface area contributed by atoms with Gasteiger partial charge < -0.3 is 24.8 Å². The largest absolute Gasteiger partial charge is 0.378 e. The number of amides is 1. The first kappa shape index (κ1) is 23.7. The summed E-state index contributed by atoms with van der Waals surface area (Å²) < 4.78 is 5.45. The number of ether oxygens (including phenoxy) is 1. The van der Waals surface area contributed by atoms with Crippen LogP contribution in [0.2, 0.25) is 0 Å². The quantitative estimate of drug-likeness (QED) is 0.394. The highest BCUT2D eigenvalue weighted by Gasteiger charge is 2.17. The first-order valence-electron chi connectivity index (χ1n) is 12.3. The summed E-state index contributed by atoms with van der Waals surface area (Å²) >= 11 is 0. The summed E-state index contributed by atoms with van der Waals surface area (Å²) in [5.74, 6) is 0.827. The van der Waals surface area contributed by atoms with Gasteiger partial charge in [0.1, 0.15) is 11.2 Å². The number of rotatable bonds is 7. The molecule has 2 N–H and O–H groups in total. The Morgan fingerprint density at radius 1 is 1.14 bits per heavy atom. The van der Waals surface area contributed by atoms with Gasteiger partial charge in [0.05, 0.1) is 19.5 Å². The van der Waals surface area contributed by atoms with E-state index < -0.39 is 0 Å². The van der Waals surface area contributed by atoms with Crippen molar-refractivity contribution in [2.75, 3.05) is 48.0 Å². The van der Waals surface area contributed by atoms with Crippen molar-refractivity contribution in [3.63, 3.8) is 0 Å². The first-order chi connectivity index (χ1) is 17.5. The molecule has 1 saturated heterocycles. The Bertz CT molecular complexity index is 1340. The third-order valence-electron chi connectivity index (χ3n) is 6.14. The predicted molar refractivity (Wildman–Crippen MR) is 143 cm³/mol. The van der Waals surface area contributed by atoms with Crippen molar-refractivity contribution in [3.05, 3.63) is 54.9 Å². The summed E-state index contributed by atoms with van der Waals surface area (Å²) in [6, 6.07) is 16.1. The van der Waals surface area contributed by atoms with Crippen molar-refractivity contribution in [1.29, 1.82) is 0 Å². The monoisotopic (exact) mass is 485 g/mol. The second-order valence-electron chi connectivity index (χ2n) is 9.34. The lowest BCUT2D eigenvalue weighted by Crippen LogP contribution is -2.36. The second-order valence-corrected chi connectivity index (χ2v) is 9.34. The summed E-state index contributed by atoms with van der Waals surface area (Å²) in [4.78, 5) is 33.5. The average molecular weight is 486 g/mol. The van der Waals surface area contributed by atoms with Gasteiger partial charge in [-0.05, 0) is 42.3 Å². The van der Waals surface area contributed by atoms with Gasteiger partial charge in [0.2, 0.25) is 11.9 Å². The molecule has 1 fully saturated rings. The minimum Gasteiger partial charge on any atom is -0.378 e. The predicted octanol–water partition coefficient (Wildman–Crippen LogP) is 4.61. The van der Waals surface area contributed by atoms with Gasteiger partial charge in [0, 0.05) is 49.2 Å². The maximum absolute atomic E-state index is 12.3. The van der Waals surface area contributed by atoms with Crippen LogP contribution in [0.4, 0.5) is 23.0 Å². The number of nitrogens with one attached hydrogen (secondary N) is 2. The topological polar surface area (TPSA) is 99.3 Å². The minimum absolute atomic E-state index is 0.0105. The highest BCUT2D eigenvalue weighted by Crippen LogP contribution is 2.30. The zero-order valence-corrected chi connectivity index (χ0v) is 20.9. The maximum Gasteiger partial charge on any atom is 0.229 e. The molecule has 0 bridgehead atoms. The molecule has 0 saturated carbocycles. The number of aromatic amines is 1. The molecule has 9 heteroatoms. The fraction of sp³-hybridized carbons (Fsp3) is 0.333. The number of fused-ring (bicyclic) bond motifs is 1. The van der Waals surface area contributed by atoms with E-state index in [2.05, 4.69) is 51.1 Å². The van der Waals surface area contributed by atoms with Gasteiger partial charge in [-0.3, -0.25) is 4.79 Å². The molecule has 186 valence electrons. The number of anilines is 4. The molecule has 1 aliphatic rings. The molecule has 4 aromatic rings. The number of aromatic nitrogens is 4. The smallest absolute Gasteiger partial charge is 0.229 e. The molecule has 2 aromatic heterocycles. The minimum atomic E-state index is 0.0105. The highest BCUT2D eigenvalue weighted by molar-refractivity contribution is 5.94. The Balaban J connectivity index is 1.45. The Hall–Kier alpha value is -3.98. The third-order valence-corrected chi connectivity index (χ3v) is 6.14. The number of imidazole rings is 1. The molecule has 9 nitrogen and oxygen atoms in total. The van der Waals surface area contributed by atoms with Crippen molar-refractivity contribution in [1.82, 2.24) is 19.9 Å². The van der Waals surface area contributed by atoms with Crippen LogP contribution >= 0.6 is 0 Å². The van der Waals surface area contributed by atoms with E-state index in [1.165, 1.54) is 5.69 Å². The number of H-pyrrole nitrogens is 1.